The molecule has 0 radical (unpaired) electrons. The number of nitrogens with one attached hydrogen (secondary N) is 1. The fraction of sp³-hybridized carbons (Fsp3) is 0.417. The first-order valence-electron chi connectivity index (χ1n) is 5.31. The van der Waals surface area contributed by atoms with Gasteiger partial charge in [0.25, 0.3) is 5.91 Å². The Morgan fingerprint density at radius 1 is 1.47 bits per heavy atom. The molecular formula is C12H17IN2O2. The molecule has 0 bridgehead atoms. The zero-order valence-electron chi connectivity index (χ0n) is 10.3. The molecule has 4 nitrogen and oxygen atoms in total. The molecule has 0 heterocycles. The van der Waals surface area contributed by atoms with Crippen molar-refractivity contribution in [2.24, 2.45) is 0 Å². The van der Waals surface area contributed by atoms with E-state index in [2.05, 4.69) is 27.9 Å². The molecule has 94 valence electrons. The molecule has 0 fully saturated rings. The molecule has 0 spiro atoms. The Morgan fingerprint density at radius 2 is 2.18 bits per heavy atom. The Balaban J connectivity index is 2.74. The van der Waals surface area contributed by atoms with Crippen molar-refractivity contribution in [2.75, 3.05) is 34.3 Å². The highest BCUT2D eigenvalue weighted by Gasteiger charge is 2.15. The smallest absolute Gasteiger partial charge is 0.256 e. The number of methoxy groups -OCH3 is 1. The van der Waals surface area contributed by atoms with Crippen LogP contribution in [0.1, 0.15) is 10.4 Å². The van der Waals surface area contributed by atoms with Crippen molar-refractivity contribution < 1.29 is 9.53 Å². The van der Waals surface area contributed by atoms with Gasteiger partial charge in [0.15, 0.2) is 0 Å². The molecule has 0 aliphatic carbocycles. The molecule has 0 atom stereocenters. The number of carbonyl (C=O) groups is 1. The van der Waals surface area contributed by atoms with Gasteiger partial charge in [-0.15, -0.1) is 0 Å². The highest BCUT2D eigenvalue weighted by molar-refractivity contribution is 14.1. The first-order chi connectivity index (χ1) is 8.06. The molecular weight excluding hydrogens is 331 g/mol. The Kier molecular flexibility index (Phi) is 5.70. The molecule has 1 rings (SSSR count). The summed E-state index contributed by atoms with van der Waals surface area (Å²) in [6, 6.07) is 5.56. The van der Waals surface area contributed by atoms with E-state index in [9.17, 15) is 4.79 Å². The van der Waals surface area contributed by atoms with Gasteiger partial charge >= 0.3 is 0 Å². The van der Waals surface area contributed by atoms with Crippen molar-refractivity contribution in [2.45, 2.75) is 0 Å². The van der Waals surface area contributed by atoms with Gasteiger partial charge in [0.1, 0.15) is 5.75 Å². The Labute approximate surface area is 115 Å². The fourth-order valence-corrected chi connectivity index (χ4v) is 2.09. The minimum absolute atomic E-state index is 0.0892. The summed E-state index contributed by atoms with van der Waals surface area (Å²) in [5.41, 5.74) is 0.606. The van der Waals surface area contributed by atoms with Crippen LogP contribution in [0.25, 0.3) is 0 Å². The van der Waals surface area contributed by atoms with Crippen LogP contribution in [0, 0.1) is 3.57 Å². The minimum atomic E-state index is -0.0892. The van der Waals surface area contributed by atoms with Gasteiger partial charge in [0.05, 0.1) is 12.7 Å². The largest absolute Gasteiger partial charge is 0.496 e. The lowest BCUT2D eigenvalue weighted by Gasteiger charge is -2.13. The van der Waals surface area contributed by atoms with E-state index in [1.165, 1.54) is 0 Å². The lowest BCUT2D eigenvalue weighted by molar-refractivity contribution is 0.0947. The summed E-state index contributed by atoms with van der Waals surface area (Å²) in [4.78, 5) is 14.0. The Morgan fingerprint density at radius 3 is 2.76 bits per heavy atom. The van der Waals surface area contributed by atoms with Crippen LogP contribution in [0.3, 0.4) is 0 Å². The van der Waals surface area contributed by atoms with Crippen LogP contribution in [0.2, 0.25) is 0 Å². The van der Waals surface area contributed by atoms with Gasteiger partial charge < -0.3 is 15.0 Å². The molecule has 0 aliphatic rings. The summed E-state index contributed by atoms with van der Waals surface area (Å²) in [5, 5.41) is 2.88. The summed E-state index contributed by atoms with van der Waals surface area (Å²) < 4.78 is 6.09. The van der Waals surface area contributed by atoms with E-state index in [1.54, 1.807) is 13.2 Å². The molecule has 5 heteroatoms. The molecule has 0 aliphatic heterocycles. The van der Waals surface area contributed by atoms with Gasteiger partial charge in [-0.1, -0.05) is 6.07 Å². The summed E-state index contributed by atoms with van der Waals surface area (Å²) in [5.74, 6) is 0.521. The summed E-state index contributed by atoms with van der Waals surface area (Å²) in [6.45, 7) is 1.44. The van der Waals surface area contributed by atoms with Crippen LogP contribution in [0.4, 0.5) is 0 Å². The van der Waals surface area contributed by atoms with Crippen molar-refractivity contribution in [3.63, 3.8) is 0 Å². The second-order valence-electron chi connectivity index (χ2n) is 3.88. The maximum absolute atomic E-state index is 12.0. The molecule has 17 heavy (non-hydrogen) atoms. The monoisotopic (exact) mass is 348 g/mol. The number of ether oxygens (including phenoxy) is 1. The third kappa shape index (κ3) is 4.16. The number of nitrogens with zero attached hydrogens (tertiary/aromatic N) is 1. The number of halogens is 1. The molecule has 0 saturated heterocycles. The molecule has 1 amide bonds. The number of carbonyl (C=O) groups excluding carboxylic acids is 1. The second kappa shape index (κ2) is 6.80. The Bertz CT molecular complexity index is 394. The number of likely N-dealkylation sites (N-methyl/N-ethyl adjacent to an activating group) is 1. The summed E-state index contributed by atoms with van der Waals surface area (Å²) in [6.07, 6.45) is 0. The van der Waals surface area contributed by atoms with E-state index in [1.807, 2.05) is 31.1 Å². The van der Waals surface area contributed by atoms with E-state index in [0.717, 1.165) is 10.1 Å². The molecule has 0 aromatic heterocycles. The minimum Gasteiger partial charge on any atom is -0.496 e. The normalized spacial score (nSPS) is 10.4. The number of amides is 1. The van der Waals surface area contributed by atoms with E-state index in [0.29, 0.717) is 17.9 Å². The topological polar surface area (TPSA) is 41.6 Å². The number of hydrogen-bond acceptors (Lipinski definition) is 3. The highest BCUT2D eigenvalue weighted by Crippen LogP contribution is 2.23. The van der Waals surface area contributed by atoms with Gasteiger partial charge in [0.2, 0.25) is 0 Å². The van der Waals surface area contributed by atoms with Crippen LogP contribution in [0.15, 0.2) is 18.2 Å². The maximum Gasteiger partial charge on any atom is 0.256 e. The highest BCUT2D eigenvalue weighted by atomic mass is 127. The van der Waals surface area contributed by atoms with Crippen molar-refractivity contribution in [3.05, 3.63) is 27.3 Å². The summed E-state index contributed by atoms with van der Waals surface area (Å²) >= 11 is 2.14. The van der Waals surface area contributed by atoms with Gasteiger partial charge in [-0.25, -0.2) is 0 Å². The van der Waals surface area contributed by atoms with Gasteiger partial charge in [-0.05, 0) is 48.8 Å². The van der Waals surface area contributed by atoms with Gasteiger partial charge in [0, 0.05) is 16.7 Å². The average molecular weight is 348 g/mol. The SMILES string of the molecule is COc1cccc(I)c1C(=O)NCCN(C)C. The molecule has 1 N–H and O–H groups in total. The van der Waals surface area contributed by atoms with Crippen molar-refractivity contribution in [1.82, 2.24) is 10.2 Å². The predicted octanol–water partition coefficient (Wildman–Crippen LogP) is 1.59. The molecule has 0 unspecified atom stereocenters. The van der Waals surface area contributed by atoms with Crippen LogP contribution >= 0.6 is 22.6 Å². The van der Waals surface area contributed by atoms with Gasteiger partial charge in [-0.3, -0.25) is 4.79 Å². The fourth-order valence-electron chi connectivity index (χ4n) is 1.38. The first-order valence-corrected chi connectivity index (χ1v) is 6.39. The van der Waals surface area contributed by atoms with E-state index < -0.39 is 0 Å². The maximum atomic E-state index is 12.0. The summed E-state index contributed by atoms with van der Waals surface area (Å²) in [7, 11) is 5.51. The molecule has 1 aromatic carbocycles. The van der Waals surface area contributed by atoms with Crippen LogP contribution < -0.4 is 10.1 Å². The van der Waals surface area contributed by atoms with E-state index in [4.69, 9.17) is 4.74 Å². The third-order valence-corrected chi connectivity index (χ3v) is 3.17. The van der Waals surface area contributed by atoms with Crippen LogP contribution in [0.5, 0.6) is 5.75 Å². The first kappa shape index (κ1) is 14.2. The van der Waals surface area contributed by atoms with Crippen LogP contribution in [-0.2, 0) is 0 Å². The molecule has 0 saturated carbocycles. The van der Waals surface area contributed by atoms with Crippen LogP contribution in [-0.4, -0.2) is 45.1 Å². The van der Waals surface area contributed by atoms with E-state index >= 15 is 0 Å². The lowest BCUT2D eigenvalue weighted by atomic mass is 10.2. The third-order valence-electron chi connectivity index (χ3n) is 2.27. The van der Waals surface area contributed by atoms with Gasteiger partial charge in [-0.2, -0.15) is 0 Å². The zero-order chi connectivity index (χ0) is 12.8. The average Bonchev–Trinajstić information content (AvgIpc) is 2.27. The zero-order valence-corrected chi connectivity index (χ0v) is 12.4. The molecule has 1 aromatic rings. The standard InChI is InChI=1S/C12H17IN2O2/c1-15(2)8-7-14-12(16)11-9(13)5-4-6-10(11)17-3/h4-6H,7-8H2,1-3H3,(H,14,16). The Hall–Kier alpha value is -0.820. The van der Waals surface area contributed by atoms with E-state index in [-0.39, 0.29) is 5.91 Å². The lowest BCUT2D eigenvalue weighted by Crippen LogP contribution is -2.32. The second-order valence-corrected chi connectivity index (χ2v) is 5.04. The quantitative estimate of drug-likeness (QED) is 0.822. The van der Waals surface area contributed by atoms with Crippen molar-refractivity contribution in [3.8, 4) is 5.75 Å². The number of rotatable bonds is 5. The van der Waals surface area contributed by atoms with Crippen molar-refractivity contribution in [1.29, 1.82) is 0 Å². The van der Waals surface area contributed by atoms with Crippen molar-refractivity contribution >= 4 is 28.5 Å². The number of benzene rings is 1. The predicted molar refractivity (Wildman–Crippen MR) is 76.6 cm³/mol. The number of hydrogen-bond donors (Lipinski definition) is 1.